The lowest BCUT2D eigenvalue weighted by atomic mass is 9.96. The van der Waals surface area contributed by atoms with Gasteiger partial charge in [-0.2, -0.15) is 0 Å². The molecule has 0 aliphatic heterocycles. The molecule has 0 fully saturated rings. The highest BCUT2D eigenvalue weighted by molar-refractivity contribution is 5.71. The molecule has 1 atom stereocenters. The summed E-state index contributed by atoms with van der Waals surface area (Å²) in [6.07, 6.45) is 1.15. The minimum Gasteiger partial charge on any atom is -0.481 e. The summed E-state index contributed by atoms with van der Waals surface area (Å²) < 4.78 is 0. The first-order valence-corrected chi connectivity index (χ1v) is 5.90. The second-order valence-electron chi connectivity index (χ2n) is 4.69. The molecule has 1 rings (SSSR count). The maximum Gasteiger partial charge on any atom is 0.308 e. The third-order valence-corrected chi connectivity index (χ3v) is 2.89. The SMILES string of the molecule is Cc1cc([N+](=O)[O-])cnc1NCC(C(=O)O)C(C)C. The Morgan fingerprint density at radius 2 is 2.21 bits per heavy atom. The molecule has 0 aromatic carbocycles. The largest absolute Gasteiger partial charge is 0.481 e. The molecule has 19 heavy (non-hydrogen) atoms. The maximum atomic E-state index is 11.0. The standard InChI is InChI=1S/C12H17N3O4/c1-7(2)10(12(16)17)6-14-11-8(3)4-9(5-13-11)15(18)19/h4-5,7,10H,6H2,1-3H3,(H,13,14)(H,16,17). The van der Waals surface area contributed by atoms with E-state index in [2.05, 4.69) is 10.3 Å². The van der Waals surface area contributed by atoms with E-state index in [4.69, 9.17) is 5.11 Å². The fourth-order valence-corrected chi connectivity index (χ4v) is 1.66. The van der Waals surface area contributed by atoms with E-state index in [-0.39, 0.29) is 18.2 Å². The monoisotopic (exact) mass is 267 g/mol. The number of nitrogens with zero attached hydrogens (tertiary/aromatic N) is 2. The number of carbonyl (C=O) groups is 1. The van der Waals surface area contributed by atoms with Gasteiger partial charge in [0.2, 0.25) is 0 Å². The summed E-state index contributed by atoms with van der Waals surface area (Å²) in [5, 5.41) is 22.6. The number of nitrogens with one attached hydrogen (secondary N) is 1. The Hall–Kier alpha value is -2.18. The number of hydrogen-bond donors (Lipinski definition) is 2. The van der Waals surface area contributed by atoms with Gasteiger partial charge in [0.25, 0.3) is 5.69 Å². The van der Waals surface area contributed by atoms with Crippen LogP contribution in [0.15, 0.2) is 12.3 Å². The predicted octanol–water partition coefficient (Wildman–Crippen LogP) is 2.07. The van der Waals surface area contributed by atoms with Crippen LogP contribution in [0.2, 0.25) is 0 Å². The first-order valence-electron chi connectivity index (χ1n) is 5.90. The van der Waals surface area contributed by atoms with Crippen LogP contribution in [0.3, 0.4) is 0 Å². The van der Waals surface area contributed by atoms with Gasteiger partial charge >= 0.3 is 5.97 Å². The predicted molar refractivity (Wildman–Crippen MR) is 70.1 cm³/mol. The Labute approximate surface area is 110 Å². The molecule has 0 bridgehead atoms. The lowest BCUT2D eigenvalue weighted by Gasteiger charge is -2.17. The quantitative estimate of drug-likeness (QED) is 0.603. The molecular formula is C12H17N3O4. The van der Waals surface area contributed by atoms with Crippen molar-refractivity contribution in [3.63, 3.8) is 0 Å². The van der Waals surface area contributed by atoms with Crippen molar-refractivity contribution in [3.8, 4) is 0 Å². The van der Waals surface area contributed by atoms with Gasteiger partial charge in [0.15, 0.2) is 0 Å². The first-order chi connectivity index (χ1) is 8.82. The van der Waals surface area contributed by atoms with Crippen LogP contribution in [0.1, 0.15) is 19.4 Å². The van der Waals surface area contributed by atoms with E-state index < -0.39 is 16.8 Å². The van der Waals surface area contributed by atoms with E-state index in [1.165, 1.54) is 6.07 Å². The van der Waals surface area contributed by atoms with Crippen LogP contribution in [-0.2, 0) is 4.79 Å². The molecule has 0 amide bonds. The van der Waals surface area contributed by atoms with Crippen molar-refractivity contribution < 1.29 is 14.8 Å². The van der Waals surface area contributed by atoms with Gasteiger partial charge in [-0.1, -0.05) is 13.8 Å². The van der Waals surface area contributed by atoms with E-state index in [0.717, 1.165) is 6.20 Å². The number of hydrogen-bond acceptors (Lipinski definition) is 5. The van der Waals surface area contributed by atoms with Crippen molar-refractivity contribution in [1.29, 1.82) is 0 Å². The number of anilines is 1. The molecule has 104 valence electrons. The van der Waals surface area contributed by atoms with Crippen molar-refractivity contribution in [2.45, 2.75) is 20.8 Å². The normalized spacial score (nSPS) is 12.2. The summed E-state index contributed by atoms with van der Waals surface area (Å²) in [5.74, 6) is -0.945. The van der Waals surface area contributed by atoms with Crippen LogP contribution in [-0.4, -0.2) is 27.5 Å². The minimum atomic E-state index is -0.873. The molecule has 2 N–H and O–H groups in total. The lowest BCUT2D eigenvalue weighted by molar-refractivity contribution is -0.385. The highest BCUT2D eigenvalue weighted by atomic mass is 16.6. The molecule has 1 unspecified atom stereocenters. The van der Waals surface area contributed by atoms with Gasteiger partial charge in [-0.05, 0) is 18.4 Å². The Morgan fingerprint density at radius 1 is 1.58 bits per heavy atom. The van der Waals surface area contributed by atoms with Crippen LogP contribution in [0, 0.1) is 28.9 Å². The zero-order chi connectivity index (χ0) is 14.6. The second kappa shape index (κ2) is 6.12. The maximum absolute atomic E-state index is 11.0. The first kappa shape index (κ1) is 14.9. The zero-order valence-corrected chi connectivity index (χ0v) is 11.1. The molecule has 0 saturated carbocycles. The summed E-state index contributed by atoms with van der Waals surface area (Å²) in [6, 6.07) is 1.40. The summed E-state index contributed by atoms with van der Waals surface area (Å²) in [4.78, 5) is 25.0. The van der Waals surface area contributed by atoms with E-state index >= 15 is 0 Å². The molecule has 0 aliphatic rings. The average Bonchev–Trinajstić information content (AvgIpc) is 2.29. The Balaban J connectivity index is 2.78. The average molecular weight is 267 g/mol. The van der Waals surface area contributed by atoms with Crippen LogP contribution in [0.5, 0.6) is 0 Å². The van der Waals surface area contributed by atoms with Crippen LogP contribution < -0.4 is 5.32 Å². The lowest BCUT2D eigenvalue weighted by Crippen LogP contribution is -2.28. The van der Waals surface area contributed by atoms with Crippen LogP contribution in [0.25, 0.3) is 0 Å². The zero-order valence-electron chi connectivity index (χ0n) is 11.1. The van der Waals surface area contributed by atoms with Crippen molar-refractivity contribution in [1.82, 2.24) is 4.98 Å². The molecule has 0 spiro atoms. The topological polar surface area (TPSA) is 105 Å². The number of carboxylic acid groups (broad SMARTS) is 1. The minimum absolute atomic E-state index is 0.0108. The van der Waals surface area contributed by atoms with E-state index in [9.17, 15) is 14.9 Å². The van der Waals surface area contributed by atoms with Gasteiger partial charge in [-0.15, -0.1) is 0 Å². The van der Waals surface area contributed by atoms with E-state index in [1.54, 1.807) is 6.92 Å². The summed E-state index contributed by atoms with van der Waals surface area (Å²) in [5.41, 5.74) is 0.531. The summed E-state index contributed by atoms with van der Waals surface area (Å²) in [7, 11) is 0. The number of pyridine rings is 1. The van der Waals surface area contributed by atoms with Crippen LogP contribution in [0.4, 0.5) is 11.5 Å². The second-order valence-corrected chi connectivity index (χ2v) is 4.69. The van der Waals surface area contributed by atoms with Crippen LogP contribution >= 0.6 is 0 Å². The molecule has 7 heteroatoms. The van der Waals surface area contributed by atoms with Gasteiger partial charge < -0.3 is 10.4 Å². The number of rotatable bonds is 6. The smallest absolute Gasteiger partial charge is 0.308 e. The van der Waals surface area contributed by atoms with Gasteiger partial charge in [0.05, 0.1) is 10.8 Å². The molecule has 1 aromatic heterocycles. The molecule has 7 nitrogen and oxygen atoms in total. The molecule has 0 aliphatic carbocycles. The number of aliphatic carboxylic acids is 1. The van der Waals surface area contributed by atoms with Crippen molar-refractivity contribution in [2.24, 2.45) is 11.8 Å². The molecule has 1 heterocycles. The van der Waals surface area contributed by atoms with Crippen molar-refractivity contribution in [2.75, 3.05) is 11.9 Å². The van der Waals surface area contributed by atoms with Gasteiger partial charge in [-0.25, -0.2) is 4.98 Å². The Morgan fingerprint density at radius 3 is 2.63 bits per heavy atom. The number of aryl methyl sites for hydroxylation is 1. The summed E-state index contributed by atoms with van der Waals surface area (Å²) >= 11 is 0. The number of aromatic nitrogens is 1. The third-order valence-electron chi connectivity index (χ3n) is 2.89. The van der Waals surface area contributed by atoms with E-state index in [0.29, 0.717) is 11.4 Å². The Bertz CT molecular complexity index is 488. The molecular weight excluding hydrogens is 250 g/mol. The number of nitro groups is 1. The molecule has 1 aromatic rings. The molecule has 0 radical (unpaired) electrons. The van der Waals surface area contributed by atoms with Crippen molar-refractivity contribution >= 4 is 17.5 Å². The van der Waals surface area contributed by atoms with Gasteiger partial charge in [0.1, 0.15) is 12.0 Å². The highest BCUT2D eigenvalue weighted by Gasteiger charge is 2.21. The Kier molecular flexibility index (Phi) is 4.80. The van der Waals surface area contributed by atoms with Crippen molar-refractivity contribution in [3.05, 3.63) is 27.9 Å². The van der Waals surface area contributed by atoms with E-state index in [1.807, 2.05) is 13.8 Å². The highest BCUT2D eigenvalue weighted by Crippen LogP contribution is 2.19. The molecule has 0 saturated heterocycles. The van der Waals surface area contributed by atoms with Gasteiger partial charge in [0, 0.05) is 12.6 Å². The summed E-state index contributed by atoms with van der Waals surface area (Å²) in [6.45, 7) is 5.58. The van der Waals surface area contributed by atoms with Gasteiger partial charge in [-0.3, -0.25) is 14.9 Å². The fourth-order valence-electron chi connectivity index (χ4n) is 1.66. The third kappa shape index (κ3) is 3.90. The number of carboxylic acids is 1. The fraction of sp³-hybridized carbons (Fsp3) is 0.500.